The number of hydrogen-bond donors (Lipinski definition) is 0. The lowest BCUT2D eigenvalue weighted by Crippen LogP contribution is -2.50. The number of piperazine rings is 1. The molecule has 1 atom stereocenters. The number of amides is 1. The molecular weight excluding hydrogens is 280 g/mol. The third-order valence-corrected chi connectivity index (χ3v) is 4.49. The molecule has 0 aliphatic carbocycles. The van der Waals surface area contributed by atoms with Gasteiger partial charge in [-0.2, -0.15) is 0 Å². The Morgan fingerprint density at radius 1 is 1.24 bits per heavy atom. The highest BCUT2D eigenvalue weighted by Gasteiger charge is 2.27. The van der Waals surface area contributed by atoms with E-state index in [9.17, 15) is 4.79 Å². The first-order valence-corrected chi connectivity index (χ1v) is 7.50. The van der Waals surface area contributed by atoms with Crippen molar-refractivity contribution in [1.82, 2.24) is 9.80 Å². The number of alkyl halides is 1. The van der Waals surface area contributed by atoms with Gasteiger partial charge in [0.2, 0.25) is 5.91 Å². The minimum absolute atomic E-state index is 0.206. The summed E-state index contributed by atoms with van der Waals surface area (Å²) < 4.78 is 0. The molecule has 3 nitrogen and oxygen atoms in total. The fourth-order valence-corrected chi connectivity index (χ4v) is 3.29. The zero-order chi connectivity index (χ0) is 13.1. The first kappa shape index (κ1) is 15.0. The Kier molecular flexibility index (Phi) is 5.45. The molecule has 0 N–H and O–H groups in total. The molecule has 0 aromatic heterocycles. The molecule has 0 saturated carbocycles. The molecule has 0 spiro atoms. The van der Waals surface area contributed by atoms with Crippen LogP contribution >= 0.6 is 15.9 Å². The quantitative estimate of drug-likeness (QED) is 0.746. The Morgan fingerprint density at radius 3 is 2.12 bits per heavy atom. The zero-order valence-electron chi connectivity index (χ0n) is 11.5. The molecule has 1 amide bonds. The monoisotopic (exact) mass is 304 g/mol. The lowest BCUT2D eigenvalue weighted by atomic mass is 9.81. The van der Waals surface area contributed by atoms with Crippen LogP contribution in [0.5, 0.6) is 0 Å². The first-order valence-electron chi connectivity index (χ1n) is 6.38. The molecule has 0 radical (unpaired) electrons. The minimum atomic E-state index is 0.206. The molecule has 4 heteroatoms. The van der Waals surface area contributed by atoms with Crippen LogP contribution in [0.2, 0.25) is 0 Å². The molecule has 1 aliphatic heterocycles. The Hall–Kier alpha value is -0.0900. The van der Waals surface area contributed by atoms with Crippen molar-refractivity contribution in [2.75, 3.05) is 38.1 Å². The van der Waals surface area contributed by atoms with Gasteiger partial charge in [0, 0.05) is 45.0 Å². The van der Waals surface area contributed by atoms with Gasteiger partial charge < -0.3 is 4.90 Å². The SMILES string of the molecule is CC(=O)N1CCN(CC(CBr)C(C)(C)C)CC1. The van der Waals surface area contributed by atoms with Crippen molar-refractivity contribution in [3.05, 3.63) is 0 Å². The molecule has 1 rings (SSSR count). The second-order valence-electron chi connectivity index (χ2n) is 6.02. The smallest absolute Gasteiger partial charge is 0.219 e. The van der Waals surface area contributed by atoms with Gasteiger partial charge in [0.1, 0.15) is 0 Å². The highest BCUT2D eigenvalue weighted by molar-refractivity contribution is 9.09. The van der Waals surface area contributed by atoms with E-state index in [1.54, 1.807) is 6.92 Å². The highest BCUT2D eigenvalue weighted by Crippen LogP contribution is 2.28. The van der Waals surface area contributed by atoms with E-state index in [1.165, 1.54) is 0 Å². The molecule has 0 aromatic rings. The number of halogens is 1. The molecule has 17 heavy (non-hydrogen) atoms. The molecule has 1 heterocycles. The Balaban J connectivity index is 2.42. The normalized spacial score (nSPS) is 20.4. The van der Waals surface area contributed by atoms with Gasteiger partial charge >= 0.3 is 0 Å². The minimum Gasteiger partial charge on any atom is -0.340 e. The van der Waals surface area contributed by atoms with Crippen LogP contribution < -0.4 is 0 Å². The number of hydrogen-bond acceptors (Lipinski definition) is 2. The van der Waals surface area contributed by atoms with E-state index in [0.29, 0.717) is 11.3 Å². The van der Waals surface area contributed by atoms with Crippen LogP contribution in [-0.2, 0) is 4.79 Å². The van der Waals surface area contributed by atoms with Crippen molar-refractivity contribution in [3.8, 4) is 0 Å². The van der Waals surface area contributed by atoms with E-state index in [0.717, 1.165) is 38.1 Å². The van der Waals surface area contributed by atoms with Crippen molar-refractivity contribution in [2.24, 2.45) is 11.3 Å². The molecule has 1 fully saturated rings. The fraction of sp³-hybridized carbons (Fsp3) is 0.923. The average Bonchev–Trinajstić information content (AvgIpc) is 2.24. The van der Waals surface area contributed by atoms with Crippen LogP contribution in [0.4, 0.5) is 0 Å². The Bertz CT molecular complexity index is 255. The number of rotatable bonds is 3. The summed E-state index contributed by atoms with van der Waals surface area (Å²) in [7, 11) is 0. The third-order valence-electron chi connectivity index (χ3n) is 3.71. The molecular formula is C13H25BrN2O. The van der Waals surface area contributed by atoms with E-state index in [4.69, 9.17) is 0 Å². The zero-order valence-corrected chi connectivity index (χ0v) is 13.1. The summed E-state index contributed by atoms with van der Waals surface area (Å²) in [5.74, 6) is 0.865. The van der Waals surface area contributed by atoms with E-state index in [-0.39, 0.29) is 5.91 Å². The maximum Gasteiger partial charge on any atom is 0.219 e. The van der Waals surface area contributed by atoms with Crippen LogP contribution in [0, 0.1) is 11.3 Å². The van der Waals surface area contributed by atoms with Crippen molar-refractivity contribution in [3.63, 3.8) is 0 Å². The number of carbonyl (C=O) groups is 1. The van der Waals surface area contributed by atoms with Crippen molar-refractivity contribution < 1.29 is 4.79 Å². The van der Waals surface area contributed by atoms with Crippen molar-refractivity contribution in [1.29, 1.82) is 0 Å². The molecule has 100 valence electrons. The standard InChI is InChI=1S/C13H25BrN2O/c1-11(17)16-7-5-15(6-8-16)10-12(9-14)13(2,3)4/h12H,5-10H2,1-4H3. The maximum absolute atomic E-state index is 11.2. The second-order valence-corrected chi connectivity index (χ2v) is 6.67. The number of nitrogens with zero attached hydrogens (tertiary/aromatic N) is 2. The highest BCUT2D eigenvalue weighted by atomic mass is 79.9. The largest absolute Gasteiger partial charge is 0.340 e. The average molecular weight is 305 g/mol. The fourth-order valence-electron chi connectivity index (χ4n) is 2.11. The van der Waals surface area contributed by atoms with Crippen LogP contribution in [0.15, 0.2) is 0 Å². The summed E-state index contributed by atoms with van der Waals surface area (Å²) in [6, 6.07) is 0. The Labute approximate surface area is 114 Å². The Morgan fingerprint density at radius 2 is 1.76 bits per heavy atom. The molecule has 1 saturated heterocycles. The van der Waals surface area contributed by atoms with Crippen LogP contribution in [0.25, 0.3) is 0 Å². The summed E-state index contributed by atoms with van der Waals surface area (Å²) >= 11 is 3.62. The van der Waals surface area contributed by atoms with Crippen LogP contribution in [0.3, 0.4) is 0 Å². The van der Waals surface area contributed by atoms with Crippen LogP contribution in [0.1, 0.15) is 27.7 Å². The lowest BCUT2D eigenvalue weighted by Gasteiger charge is -2.39. The van der Waals surface area contributed by atoms with Gasteiger partial charge in [0.15, 0.2) is 0 Å². The van der Waals surface area contributed by atoms with E-state index < -0.39 is 0 Å². The summed E-state index contributed by atoms with van der Waals surface area (Å²) in [5, 5.41) is 1.05. The van der Waals surface area contributed by atoms with Crippen molar-refractivity contribution >= 4 is 21.8 Å². The predicted octanol–water partition coefficient (Wildman–Crippen LogP) is 2.21. The summed E-state index contributed by atoms with van der Waals surface area (Å²) in [6.45, 7) is 13.5. The van der Waals surface area contributed by atoms with Gasteiger partial charge in [0.25, 0.3) is 0 Å². The molecule has 0 aromatic carbocycles. The maximum atomic E-state index is 11.2. The lowest BCUT2D eigenvalue weighted by molar-refractivity contribution is -0.130. The van der Waals surface area contributed by atoms with Gasteiger partial charge in [-0.15, -0.1) is 0 Å². The molecule has 1 aliphatic rings. The second kappa shape index (κ2) is 6.19. The molecule has 1 unspecified atom stereocenters. The topological polar surface area (TPSA) is 23.6 Å². The van der Waals surface area contributed by atoms with Gasteiger partial charge in [0.05, 0.1) is 0 Å². The molecule has 0 bridgehead atoms. The van der Waals surface area contributed by atoms with Gasteiger partial charge in [-0.25, -0.2) is 0 Å². The summed E-state index contributed by atoms with van der Waals surface area (Å²) in [6.07, 6.45) is 0. The van der Waals surface area contributed by atoms with Gasteiger partial charge in [-0.1, -0.05) is 36.7 Å². The third kappa shape index (κ3) is 4.59. The van der Waals surface area contributed by atoms with E-state index >= 15 is 0 Å². The summed E-state index contributed by atoms with van der Waals surface area (Å²) in [4.78, 5) is 15.7. The van der Waals surface area contributed by atoms with Gasteiger partial charge in [-0.05, 0) is 11.3 Å². The van der Waals surface area contributed by atoms with Crippen LogP contribution in [-0.4, -0.2) is 53.8 Å². The van der Waals surface area contributed by atoms with Gasteiger partial charge in [-0.3, -0.25) is 9.69 Å². The predicted molar refractivity (Wildman–Crippen MR) is 75.4 cm³/mol. The van der Waals surface area contributed by atoms with E-state index in [2.05, 4.69) is 41.6 Å². The van der Waals surface area contributed by atoms with Crippen molar-refractivity contribution in [2.45, 2.75) is 27.7 Å². The summed E-state index contributed by atoms with van der Waals surface area (Å²) in [5.41, 5.74) is 0.335. The number of carbonyl (C=O) groups excluding carboxylic acids is 1. The van der Waals surface area contributed by atoms with E-state index in [1.807, 2.05) is 4.90 Å². The first-order chi connectivity index (χ1) is 7.84.